The first kappa shape index (κ1) is 10.4. The van der Waals surface area contributed by atoms with Crippen molar-refractivity contribution in [2.75, 3.05) is 0 Å². The third-order valence-electron chi connectivity index (χ3n) is 0.115. The smallest absolute Gasteiger partial charge is 0.169 e. The average molecular weight is 144 g/mol. The largest absolute Gasteiger partial charge is 0.326 e. The molecule has 0 aliphatic rings. The molecule has 34 valence electrons. The normalized spacial score (nSPS) is 5.00. The molecule has 0 spiro atoms. The van der Waals surface area contributed by atoms with Crippen LogP contribution in [0.3, 0.4) is 0 Å². The second-order valence-electron chi connectivity index (χ2n) is 0.408. The molecule has 0 saturated heterocycles. The van der Waals surface area contributed by atoms with Gasteiger partial charge in [-0.25, -0.2) is 0 Å². The Labute approximate surface area is 71.8 Å². The van der Waals surface area contributed by atoms with E-state index in [0.29, 0.717) is 0 Å². The second-order valence-corrected chi connectivity index (χ2v) is 1.03. The minimum Gasteiger partial charge on any atom is -0.169 e. The van der Waals surface area contributed by atoms with Crippen LogP contribution in [0.5, 0.6) is 0 Å². The zero-order valence-corrected chi connectivity index (χ0v) is 6.35. The quantitative estimate of drug-likeness (QED) is 0.328. The van der Waals surface area contributed by atoms with Crippen LogP contribution in [0.4, 0.5) is 0 Å². The van der Waals surface area contributed by atoms with E-state index in [0.717, 1.165) is 6.19 Å². The van der Waals surface area contributed by atoms with Crippen molar-refractivity contribution in [3.8, 4) is 6.19 Å². The van der Waals surface area contributed by atoms with E-state index in [2.05, 4.69) is 4.36 Å². The maximum Gasteiger partial charge on any atom is 0.326 e. The summed E-state index contributed by atoms with van der Waals surface area (Å²) in [5.41, 5.74) is 0. The van der Waals surface area contributed by atoms with Crippen LogP contribution in [0.15, 0.2) is 4.36 Å². The van der Waals surface area contributed by atoms with E-state index < -0.39 is 10.5 Å². The molecule has 6 heteroatoms. The summed E-state index contributed by atoms with van der Waals surface area (Å²) in [5, 5.41) is 7.43. The van der Waals surface area contributed by atoms with Crippen LogP contribution in [-0.2, 0) is 10.5 Å². The van der Waals surface area contributed by atoms with E-state index in [1.165, 1.54) is 0 Å². The molecule has 0 aromatic rings. The van der Waals surface area contributed by atoms with E-state index >= 15 is 0 Å². The van der Waals surface area contributed by atoms with Crippen LogP contribution >= 0.6 is 0 Å². The number of hydrogen-bond donors (Lipinski definition) is 0. The molecule has 0 aliphatic carbocycles. The Hall–Kier alpha value is 0.370. The number of hydrogen-bond acceptors (Lipinski definition) is 4. The topological polar surface area (TPSA) is 70.3 Å². The van der Waals surface area contributed by atoms with Crippen LogP contribution in [0.1, 0.15) is 0 Å². The molecule has 0 N–H and O–H groups in total. The molecular weight excluding hydrogens is 144 g/mol. The summed E-state index contributed by atoms with van der Waals surface area (Å²) in [4.78, 5) is 0. The van der Waals surface area contributed by atoms with Crippen molar-refractivity contribution in [3.63, 3.8) is 0 Å². The number of nitrogens with zero attached hydrogens (tertiary/aromatic N) is 2. The summed E-state index contributed by atoms with van der Waals surface area (Å²) >= 11 is 0. The third kappa shape index (κ3) is 10.7. The molecule has 0 aromatic carbocycles. The van der Waals surface area contributed by atoms with Gasteiger partial charge in [0.15, 0.2) is 0 Å². The molecule has 0 atom stereocenters. The molecule has 0 aliphatic heterocycles. The predicted octanol–water partition coefficient (Wildman–Crippen LogP) is -0.851. The molecule has 0 rings (SSSR count). The van der Waals surface area contributed by atoms with E-state index in [9.17, 15) is 8.42 Å². The maximum absolute atomic E-state index is 9.21. The van der Waals surface area contributed by atoms with Crippen molar-refractivity contribution in [1.29, 1.82) is 5.26 Å². The molecule has 0 heterocycles. The molecule has 0 saturated carbocycles. The Kier molecular flexibility index (Phi) is 9.44. The molecule has 7 heavy (non-hydrogen) atoms. The molecule has 2 radical (unpaired) electrons. The molecule has 0 aromatic heterocycles. The Balaban J connectivity index is 0. The van der Waals surface area contributed by atoms with Gasteiger partial charge >= 0.3 is 10.5 Å². The van der Waals surface area contributed by atoms with Gasteiger partial charge in [0.05, 0.1) is 0 Å². The molecule has 0 bridgehead atoms. The van der Waals surface area contributed by atoms with E-state index in [4.69, 9.17) is 5.26 Å². The summed E-state index contributed by atoms with van der Waals surface area (Å²) in [6.07, 6.45) is 1.08. The second kappa shape index (κ2) is 6.37. The van der Waals surface area contributed by atoms with Gasteiger partial charge in [0.2, 0.25) is 6.19 Å². The average Bonchev–Trinajstić information content (AvgIpc) is 1.35. The Bertz CT molecular complexity index is 178. The van der Waals surface area contributed by atoms with Crippen LogP contribution in [0.25, 0.3) is 0 Å². The van der Waals surface area contributed by atoms with Gasteiger partial charge in [-0.3, -0.25) is 0 Å². The minimum absolute atomic E-state index is 0. The first-order chi connectivity index (χ1) is 2.77. The van der Waals surface area contributed by atoms with E-state index in [1.807, 2.05) is 0 Å². The van der Waals surface area contributed by atoms with Crippen molar-refractivity contribution < 1.29 is 8.42 Å². The number of rotatable bonds is 0. The fourth-order valence-corrected chi connectivity index (χ4v) is 0.100. The molecular formula is CCaN2O2S. The Morgan fingerprint density at radius 1 is 1.57 bits per heavy atom. The van der Waals surface area contributed by atoms with Crippen LogP contribution in [0, 0.1) is 11.5 Å². The van der Waals surface area contributed by atoms with Gasteiger partial charge in [0.1, 0.15) is 0 Å². The van der Waals surface area contributed by atoms with Crippen LogP contribution in [0.2, 0.25) is 0 Å². The molecule has 0 unspecified atom stereocenters. The maximum atomic E-state index is 9.21. The van der Waals surface area contributed by atoms with Crippen molar-refractivity contribution in [2.45, 2.75) is 0 Å². The van der Waals surface area contributed by atoms with Crippen LogP contribution < -0.4 is 0 Å². The Morgan fingerprint density at radius 3 is 2.00 bits per heavy atom. The summed E-state index contributed by atoms with van der Waals surface area (Å²) in [7, 11) is -2.55. The monoisotopic (exact) mass is 144 g/mol. The van der Waals surface area contributed by atoms with Gasteiger partial charge in [-0.2, -0.15) is 13.7 Å². The third-order valence-corrected chi connectivity index (χ3v) is 0.346. The summed E-state index contributed by atoms with van der Waals surface area (Å²) in [6.45, 7) is 0. The van der Waals surface area contributed by atoms with E-state index in [-0.39, 0.29) is 37.7 Å². The van der Waals surface area contributed by atoms with Crippen LogP contribution in [-0.4, -0.2) is 46.2 Å². The summed E-state index contributed by atoms with van der Waals surface area (Å²) in [5.74, 6) is 0. The molecule has 0 amide bonds. The Morgan fingerprint density at radius 2 is 2.00 bits per heavy atom. The summed E-state index contributed by atoms with van der Waals surface area (Å²) in [6, 6.07) is 0. The van der Waals surface area contributed by atoms with Crippen molar-refractivity contribution in [2.24, 2.45) is 4.36 Å². The minimum atomic E-state index is -2.55. The zero-order chi connectivity index (χ0) is 4.99. The van der Waals surface area contributed by atoms with Crippen molar-refractivity contribution in [3.05, 3.63) is 0 Å². The zero-order valence-electron chi connectivity index (χ0n) is 3.33. The van der Waals surface area contributed by atoms with Crippen molar-refractivity contribution in [1.82, 2.24) is 0 Å². The van der Waals surface area contributed by atoms with E-state index in [1.54, 1.807) is 0 Å². The predicted molar refractivity (Wildman–Crippen MR) is 22.7 cm³/mol. The first-order valence-corrected chi connectivity index (χ1v) is 1.99. The SMILES string of the molecule is N#CN=S(=O)=O.[Ca]. The molecule has 4 nitrogen and oxygen atoms in total. The fraction of sp³-hybridized carbons (Fsp3) is 0. The standard InChI is InChI=1S/CN2O2S.Ca/c2-1-3-6(4)5;. The summed E-state index contributed by atoms with van der Waals surface area (Å²) < 4.78 is 20.8. The van der Waals surface area contributed by atoms with Crippen molar-refractivity contribution >= 4 is 48.2 Å². The number of nitriles is 1. The van der Waals surface area contributed by atoms with Gasteiger partial charge in [-0.05, 0) is 0 Å². The van der Waals surface area contributed by atoms with Gasteiger partial charge in [-0.15, -0.1) is 0 Å². The first-order valence-electron chi connectivity index (χ1n) is 0.963. The van der Waals surface area contributed by atoms with Gasteiger partial charge in [-0.1, -0.05) is 4.36 Å². The van der Waals surface area contributed by atoms with Gasteiger partial charge < -0.3 is 0 Å². The van der Waals surface area contributed by atoms with Gasteiger partial charge in [0, 0.05) is 37.7 Å². The molecule has 0 fully saturated rings. The van der Waals surface area contributed by atoms with Gasteiger partial charge in [0.25, 0.3) is 0 Å². The fourth-order valence-electron chi connectivity index (χ4n) is 0.0333.